The fourth-order valence-electron chi connectivity index (χ4n) is 2.68. The number of aliphatic imine (C=N–C) groups is 1. The molecule has 1 rings (SSSR count). The van der Waals surface area contributed by atoms with E-state index in [0.29, 0.717) is 6.10 Å². The summed E-state index contributed by atoms with van der Waals surface area (Å²) in [4.78, 5) is 4.28. The van der Waals surface area contributed by atoms with Gasteiger partial charge in [0.25, 0.3) is 0 Å². The molecule has 23 heavy (non-hydrogen) atoms. The first kappa shape index (κ1) is 20.6. The van der Waals surface area contributed by atoms with E-state index in [1.165, 1.54) is 51.4 Å². The van der Waals surface area contributed by atoms with Crippen LogP contribution in [0.15, 0.2) is 4.99 Å². The van der Waals surface area contributed by atoms with E-state index in [0.717, 1.165) is 25.7 Å². The van der Waals surface area contributed by atoms with Crippen molar-refractivity contribution in [3.8, 4) is 0 Å². The summed E-state index contributed by atoms with van der Waals surface area (Å²) in [6, 6.07) is 0. The fourth-order valence-corrected chi connectivity index (χ4v) is 2.90. The molecule has 0 aromatic rings. The topological polar surface area (TPSA) is 45.7 Å². The number of hydrogen-bond donors (Lipinski definition) is 2. The molecule has 1 saturated carbocycles. The maximum absolute atomic E-state index is 5.96. The van der Waals surface area contributed by atoms with Crippen molar-refractivity contribution in [1.82, 2.24) is 10.6 Å². The van der Waals surface area contributed by atoms with Crippen LogP contribution in [0.25, 0.3) is 0 Å². The molecule has 0 unspecified atom stereocenters. The average molecular weight is 344 g/mol. The number of unbranched alkanes of at least 4 members (excludes halogenated alkanes) is 2. The van der Waals surface area contributed by atoms with Crippen molar-refractivity contribution >= 4 is 17.7 Å². The highest BCUT2D eigenvalue weighted by molar-refractivity contribution is 7.99. The van der Waals surface area contributed by atoms with Crippen LogP contribution >= 0.6 is 11.8 Å². The molecule has 2 N–H and O–H groups in total. The van der Waals surface area contributed by atoms with Gasteiger partial charge in [-0.25, -0.2) is 0 Å². The van der Waals surface area contributed by atoms with Crippen LogP contribution in [0.4, 0.5) is 0 Å². The second-order valence-electron chi connectivity index (χ2n) is 7.01. The first-order chi connectivity index (χ1) is 11.1. The smallest absolute Gasteiger partial charge is 0.191 e. The summed E-state index contributed by atoms with van der Waals surface area (Å²) in [7, 11) is 1.83. The lowest BCUT2D eigenvalue weighted by Crippen LogP contribution is -2.43. The quantitative estimate of drug-likeness (QED) is 0.360. The molecule has 0 heterocycles. The summed E-state index contributed by atoms with van der Waals surface area (Å²) in [5.74, 6) is 0.908. The molecule has 0 saturated heterocycles. The Morgan fingerprint density at radius 1 is 1.13 bits per heavy atom. The monoisotopic (exact) mass is 343 g/mol. The SMILES string of the molecule is CN=C(NCCCCCOC1CCCCC1)NCC(C)(C)SC. The maximum Gasteiger partial charge on any atom is 0.191 e. The van der Waals surface area contributed by atoms with Crippen LogP contribution in [0.2, 0.25) is 0 Å². The van der Waals surface area contributed by atoms with Gasteiger partial charge in [0.05, 0.1) is 6.10 Å². The number of rotatable bonds is 10. The highest BCUT2D eigenvalue weighted by Crippen LogP contribution is 2.20. The van der Waals surface area contributed by atoms with E-state index in [2.05, 4.69) is 35.7 Å². The van der Waals surface area contributed by atoms with Crippen LogP contribution in [0, 0.1) is 0 Å². The van der Waals surface area contributed by atoms with Crippen LogP contribution in [0.3, 0.4) is 0 Å². The molecule has 1 fully saturated rings. The zero-order chi connectivity index (χ0) is 17.0. The van der Waals surface area contributed by atoms with Crippen molar-refractivity contribution < 1.29 is 4.74 Å². The van der Waals surface area contributed by atoms with Gasteiger partial charge in [-0.2, -0.15) is 11.8 Å². The van der Waals surface area contributed by atoms with E-state index < -0.39 is 0 Å². The molecular formula is C18H37N3OS. The molecule has 5 heteroatoms. The van der Waals surface area contributed by atoms with Crippen LogP contribution in [0.5, 0.6) is 0 Å². The van der Waals surface area contributed by atoms with Crippen LogP contribution in [0.1, 0.15) is 65.2 Å². The predicted octanol–water partition coefficient (Wildman–Crippen LogP) is 3.81. The van der Waals surface area contributed by atoms with Crippen molar-refractivity contribution in [2.75, 3.05) is 33.0 Å². The van der Waals surface area contributed by atoms with Crippen molar-refractivity contribution in [2.24, 2.45) is 4.99 Å². The second kappa shape index (κ2) is 12.0. The zero-order valence-electron chi connectivity index (χ0n) is 15.6. The van der Waals surface area contributed by atoms with Gasteiger partial charge in [0.1, 0.15) is 0 Å². The van der Waals surface area contributed by atoms with Gasteiger partial charge < -0.3 is 15.4 Å². The van der Waals surface area contributed by atoms with Gasteiger partial charge in [-0.3, -0.25) is 4.99 Å². The van der Waals surface area contributed by atoms with Crippen LogP contribution in [-0.4, -0.2) is 49.8 Å². The van der Waals surface area contributed by atoms with E-state index in [1.807, 2.05) is 18.8 Å². The number of guanidine groups is 1. The average Bonchev–Trinajstić information content (AvgIpc) is 2.57. The molecule has 0 amide bonds. The first-order valence-corrected chi connectivity index (χ1v) is 10.4. The minimum atomic E-state index is 0.230. The molecule has 0 aliphatic heterocycles. The summed E-state index contributed by atoms with van der Waals surface area (Å²) in [6.07, 6.45) is 12.9. The van der Waals surface area contributed by atoms with E-state index in [4.69, 9.17) is 4.74 Å². The third-order valence-corrected chi connectivity index (χ3v) is 5.73. The van der Waals surface area contributed by atoms with Crippen molar-refractivity contribution in [3.05, 3.63) is 0 Å². The minimum Gasteiger partial charge on any atom is -0.378 e. The highest BCUT2D eigenvalue weighted by atomic mass is 32.2. The molecule has 4 nitrogen and oxygen atoms in total. The van der Waals surface area contributed by atoms with Crippen molar-refractivity contribution in [2.45, 2.75) is 76.1 Å². The van der Waals surface area contributed by atoms with E-state index in [9.17, 15) is 0 Å². The van der Waals surface area contributed by atoms with Gasteiger partial charge >= 0.3 is 0 Å². The largest absolute Gasteiger partial charge is 0.378 e. The summed E-state index contributed by atoms with van der Waals surface area (Å²) in [5.41, 5.74) is 0. The second-order valence-corrected chi connectivity index (χ2v) is 8.52. The Morgan fingerprint density at radius 3 is 2.52 bits per heavy atom. The maximum atomic E-state index is 5.96. The Kier molecular flexibility index (Phi) is 10.8. The first-order valence-electron chi connectivity index (χ1n) is 9.18. The normalized spacial score (nSPS) is 17.3. The number of nitrogens with zero attached hydrogens (tertiary/aromatic N) is 1. The van der Waals surface area contributed by atoms with E-state index >= 15 is 0 Å². The third-order valence-electron chi connectivity index (χ3n) is 4.48. The molecule has 1 aliphatic carbocycles. The summed E-state index contributed by atoms with van der Waals surface area (Å²) < 4.78 is 6.19. The van der Waals surface area contributed by atoms with E-state index in [-0.39, 0.29) is 4.75 Å². The Morgan fingerprint density at radius 2 is 1.87 bits per heavy atom. The molecule has 136 valence electrons. The summed E-state index contributed by atoms with van der Waals surface area (Å²) in [6.45, 7) is 7.31. The number of hydrogen-bond acceptors (Lipinski definition) is 3. The third kappa shape index (κ3) is 10.1. The predicted molar refractivity (Wildman–Crippen MR) is 104 cm³/mol. The lowest BCUT2D eigenvalue weighted by atomic mass is 9.98. The van der Waals surface area contributed by atoms with Gasteiger partial charge in [0, 0.05) is 31.5 Å². The van der Waals surface area contributed by atoms with Crippen LogP contribution < -0.4 is 10.6 Å². The van der Waals surface area contributed by atoms with Gasteiger partial charge in [0.2, 0.25) is 0 Å². The summed E-state index contributed by atoms with van der Waals surface area (Å²) >= 11 is 1.87. The van der Waals surface area contributed by atoms with Gasteiger partial charge in [-0.15, -0.1) is 0 Å². The fraction of sp³-hybridized carbons (Fsp3) is 0.944. The Labute approximate surface area is 147 Å². The molecule has 0 aromatic heterocycles. The van der Waals surface area contributed by atoms with Gasteiger partial charge in [-0.05, 0) is 52.2 Å². The molecule has 0 bridgehead atoms. The van der Waals surface area contributed by atoms with Crippen molar-refractivity contribution in [3.63, 3.8) is 0 Å². The lowest BCUT2D eigenvalue weighted by Gasteiger charge is -2.23. The zero-order valence-corrected chi connectivity index (χ0v) is 16.4. The Bertz CT molecular complexity index is 328. The van der Waals surface area contributed by atoms with Crippen molar-refractivity contribution in [1.29, 1.82) is 0 Å². The molecule has 1 aliphatic rings. The number of thioether (sulfide) groups is 1. The number of ether oxygens (including phenoxy) is 1. The molecule has 0 spiro atoms. The Balaban J connectivity index is 1.98. The lowest BCUT2D eigenvalue weighted by molar-refractivity contribution is 0.0264. The molecule has 0 aromatic carbocycles. The Hall–Kier alpha value is -0.420. The molecule has 0 atom stereocenters. The minimum absolute atomic E-state index is 0.230. The molecular weight excluding hydrogens is 306 g/mol. The summed E-state index contributed by atoms with van der Waals surface area (Å²) in [5, 5.41) is 6.79. The molecule has 0 radical (unpaired) electrons. The van der Waals surface area contributed by atoms with Gasteiger partial charge in [-0.1, -0.05) is 19.3 Å². The highest BCUT2D eigenvalue weighted by Gasteiger charge is 2.16. The van der Waals surface area contributed by atoms with Gasteiger partial charge in [0.15, 0.2) is 5.96 Å². The van der Waals surface area contributed by atoms with E-state index in [1.54, 1.807) is 0 Å². The number of nitrogens with one attached hydrogen (secondary N) is 2. The standard InChI is InChI=1S/C18H37N3OS/c1-18(2,23-4)15-21-17(19-3)20-13-9-6-10-14-22-16-11-7-5-8-12-16/h16H,5-15H2,1-4H3,(H2,19,20,21). The van der Waals surface area contributed by atoms with Crippen LogP contribution in [-0.2, 0) is 4.74 Å².